The van der Waals surface area contributed by atoms with Gasteiger partial charge in [-0.05, 0) is 31.2 Å². The van der Waals surface area contributed by atoms with E-state index in [-0.39, 0.29) is 0 Å². The average molecular weight is 291 g/mol. The number of hydrogen-bond donors (Lipinski definition) is 1. The van der Waals surface area contributed by atoms with Gasteiger partial charge in [-0.1, -0.05) is 18.2 Å². The van der Waals surface area contributed by atoms with Gasteiger partial charge in [0.15, 0.2) is 0 Å². The minimum absolute atomic E-state index is 0.591. The van der Waals surface area contributed by atoms with Crippen molar-refractivity contribution in [1.29, 1.82) is 0 Å². The molecule has 3 nitrogen and oxygen atoms in total. The summed E-state index contributed by atoms with van der Waals surface area (Å²) in [5, 5.41) is 3.37. The van der Waals surface area contributed by atoms with Crippen LogP contribution in [0.2, 0.25) is 0 Å². The molecule has 4 heteroatoms. The van der Waals surface area contributed by atoms with E-state index in [1.807, 2.05) is 41.7 Å². The van der Waals surface area contributed by atoms with Gasteiger partial charge in [0.2, 0.25) is 0 Å². The van der Waals surface area contributed by atoms with Crippen molar-refractivity contribution in [3.8, 4) is 5.75 Å². The number of aryl methyl sites for hydroxylation is 1. The Hall–Kier alpha value is -1.36. The second-order valence-electron chi connectivity index (χ2n) is 4.46. The third-order valence-corrected chi connectivity index (χ3v) is 3.76. The second kappa shape index (κ2) is 8.74. The Balaban J connectivity index is 1.44. The fraction of sp³-hybridized carbons (Fsp3) is 0.375. The summed E-state index contributed by atoms with van der Waals surface area (Å²) >= 11 is 1.83. The van der Waals surface area contributed by atoms with Gasteiger partial charge in [-0.3, -0.25) is 0 Å². The molecule has 2 rings (SSSR count). The lowest BCUT2D eigenvalue weighted by molar-refractivity contribution is 0.102. The van der Waals surface area contributed by atoms with Crippen molar-refractivity contribution < 1.29 is 9.47 Å². The Morgan fingerprint density at radius 1 is 1.00 bits per heavy atom. The van der Waals surface area contributed by atoms with Crippen molar-refractivity contribution in [3.05, 3.63) is 52.2 Å². The molecule has 0 aliphatic heterocycles. The maximum absolute atomic E-state index is 5.54. The Morgan fingerprint density at radius 3 is 2.60 bits per heavy atom. The Morgan fingerprint density at radius 2 is 1.85 bits per heavy atom. The first-order valence-corrected chi connectivity index (χ1v) is 7.68. The Bertz CT molecular complexity index is 484. The van der Waals surface area contributed by atoms with E-state index in [2.05, 4.69) is 24.4 Å². The van der Waals surface area contributed by atoms with Crippen LogP contribution in [0.15, 0.2) is 42.5 Å². The molecular formula is C16H21NO2S. The van der Waals surface area contributed by atoms with E-state index in [0.29, 0.717) is 19.8 Å². The van der Waals surface area contributed by atoms with Crippen LogP contribution in [-0.4, -0.2) is 26.4 Å². The molecule has 0 atom stereocenters. The van der Waals surface area contributed by atoms with Crippen molar-refractivity contribution in [2.45, 2.75) is 13.5 Å². The van der Waals surface area contributed by atoms with Crippen molar-refractivity contribution in [3.63, 3.8) is 0 Å². The molecule has 1 aromatic carbocycles. The van der Waals surface area contributed by atoms with E-state index in [4.69, 9.17) is 9.47 Å². The molecule has 0 bridgehead atoms. The highest BCUT2D eigenvalue weighted by Crippen LogP contribution is 2.14. The first-order chi connectivity index (χ1) is 9.84. The van der Waals surface area contributed by atoms with Gasteiger partial charge in [0.1, 0.15) is 12.4 Å². The molecular weight excluding hydrogens is 270 g/mol. The van der Waals surface area contributed by atoms with Crippen molar-refractivity contribution >= 4 is 11.3 Å². The number of hydrogen-bond acceptors (Lipinski definition) is 4. The summed E-state index contributed by atoms with van der Waals surface area (Å²) in [6.45, 7) is 5.83. The number of ether oxygens (including phenoxy) is 2. The van der Waals surface area contributed by atoms with Gasteiger partial charge in [-0.25, -0.2) is 0 Å². The van der Waals surface area contributed by atoms with E-state index in [1.165, 1.54) is 9.75 Å². The molecule has 2 aromatic rings. The Kier molecular flexibility index (Phi) is 6.57. The van der Waals surface area contributed by atoms with Crippen molar-refractivity contribution in [2.75, 3.05) is 26.4 Å². The van der Waals surface area contributed by atoms with E-state index in [1.54, 1.807) is 0 Å². The highest BCUT2D eigenvalue weighted by molar-refractivity contribution is 7.11. The summed E-state index contributed by atoms with van der Waals surface area (Å²) in [6.07, 6.45) is 0. The van der Waals surface area contributed by atoms with Gasteiger partial charge in [-0.15, -0.1) is 11.3 Å². The third-order valence-electron chi connectivity index (χ3n) is 2.76. The number of thiophene rings is 1. The number of nitrogens with one attached hydrogen (secondary N) is 1. The quantitative estimate of drug-likeness (QED) is 0.719. The highest BCUT2D eigenvalue weighted by atomic mass is 32.1. The van der Waals surface area contributed by atoms with Crippen LogP contribution in [0.3, 0.4) is 0 Å². The molecule has 0 fully saturated rings. The van der Waals surface area contributed by atoms with Crippen LogP contribution in [-0.2, 0) is 11.3 Å². The predicted octanol–water partition coefficient (Wildman–Crippen LogP) is 3.24. The molecule has 0 aliphatic rings. The number of para-hydroxylation sites is 1. The lowest BCUT2D eigenvalue weighted by atomic mass is 10.3. The van der Waals surface area contributed by atoms with Crippen LogP contribution < -0.4 is 10.1 Å². The van der Waals surface area contributed by atoms with Crippen LogP contribution in [0.4, 0.5) is 0 Å². The lowest BCUT2D eigenvalue weighted by Crippen LogP contribution is -2.20. The summed E-state index contributed by atoms with van der Waals surface area (Å²) in [5.74, 6) is 0.891. The minimum Gasteiger partial charge on any atom is -0.491 e. The molecule has 1 N–H and O–H groups in total. The summed E-state index contributed by atoms with van der Waals surface area (Å²) in [6, 6.07) is 14.1. The van der Waals surface area contributed by atoms with Gasteiger partial charge in [0.05, 0.1) is 13.2 Å². The van der Waals surface area contributed by atoms with E-state index >= 15 is 0 Å². The van der Waals surface area contributed by atoms with Gasteiger partial charge >= 0.3 is 0 Å². The summed E-state index contributed by atoms with van der Waals surface area (Å²) in [4.78, 5) is 2.73. The van der Waals surface area contributed by atoms with Gasteiger partial charge in [-0.2, -0.15) is 0 Å². The summed E-state index contributed by atoms with van der Waals surface area (Å²) in [7, 11) is 0. The van der Waals surface area contributed by atoms with Crippen LogP contribution >= 0.6 is 11.3 Å². The Labute approximate surface area is 124 Å². The molecule has 0 spiro atoms. The zero-order valence-corrected chi connectivity index (χ0v) is 12.6. The number of benzene rings is 1. The molecule has 0 saturated heterocycles. The molecule has 0 amide bonds. The molecule has 1 heterocycles. The molecule has 0 aliphatic carbocycles. The summed E-state index contributed by atoms with van der Waals surface area (Å²) < 4.78 is 11.1. The fourth-order valence-electron chi connectivity index (χ4n) is 1.77. The first-order valence-electron chi connectivity index (χ1n) is 6.86. The van der Waals surface area contributed by atoms with Gasteiger partial charge in [0, 0.05) is 22.8 Å². The number of rotatable bonds is 9. The first kappa shape index (κ1) is 15.0. The van der Waals surface area contributed by atoms with E-state index < -0.39 is 0 Å². The predicted molar refractivity (Wildman–Crippen MR) is 83.5 cm³/mol. The molecule has 1 aromatic heterocycles. The van der Waals surface area contributed by atoms with Crippen LogP contribution in [0.25, 0.3) is 0 Å². The SMILES string of the molecule is Cc1ccc(CNCCOCCOc2ccccc2)s1. The molecule has 20 heavy (non-hydrogen) atoms. The normalized spacial score (nSPS) is 10.7. The standard InChI is InChI=1S/C16H21NO2S/c1-14-7-8-16(20-14)13-17-9-10-18-11-12-19-15-5-3-2-4-6-15/h2-8,17H,9-13H2,1H3. The van der Waals surface area contributed by atoms with Crippen molar-refractivity contribution in [2.24, 2.45) is 0 Å². The maximum Gasteiger partial charge on any atom is 0.119 e. The van der Waals surface area contributed by atoms with Gasteiger partial charge in [0.25, 0.3) is 0 Å². The van der Waals surface area contributed by atoms with E-state index in [9.17, 15) is 0 Å². The zero-order chi connectivity index (χ0) is 14.0. The topological polar surface area (TPSA) is 30.5 Å². The van der Waals surface area contributed by atoms with Crippen molar-refractivity contribution in [1.82, 2.24) is 5.32 Å². The smallest absolute Gasteiger partial charge is 0.119 e. The second-order valence-corrected chi connectivity index (χ2v) is 5.84. The molecule has 0 unspecified atom stereocenters. The lowest BCUT2D eigenvalue weighted by Gasteiger charge is -2.07. The van der Waals surface area contributed by atoms with E-state index in [0.717, 1.165) is 18.8 Å². The average Bonchev–Trinajstić information content (AvgIpc) is 2.88. The van der Waals surface area contributed by atoms with Crippen LogP contribution in [0, 0.1) is 6.92 Å². The largest absolute Gasteiger partial charge is 0.491 e. The molecule has 0 saturated carbocycles. The fourth-order valence-corrected chi connectivity index (χ4v) is 2.63. The molecule has 0 radical (unpaired) electrons. The highest BCUT2D eigenvalue weighted by Gasteiger charge is 1.96. The minimum atomic E-state index is 0.591. The monoisotopic (exact) mass is 291 g/mol. The van der Waals surface area contributed by atoms with Crippen LogP contribution in [0.1, 0.15) is 9.75 Å². The van der Waals surface area contributed by atoms with Crippen LogP contribution in [0.5, 0.6) is 5.75 Å². The third kappa shape index (κ3) is 5.74. The summed E-state index contributed by atoms with van der Waals surface area (Å²) in [5.41, 5.74) is 0. The van der Waals surface area contributed by atoms with Gasteiger partial charge < -0.3 is 14.8 Å². The molecule has 108 valence electrons. The zero-order valence-electron chi connectivity index (χ0n) is 11.8. The maximum atomic E-state index is 5.54.